The maximum Gasteiger partial charge on any atom is 0.418 e. The summed E-state index contributed by atoms with van der Waals surface area (Å²) in [4.78, 5) is 13.2. The number of thioether (sulfide) groups is 1. The third-order valence-electron chi connectivity index (χ3n) is 4.96. The van der Waals surface area contributed by atoms with Gasteiger partial charge in [0.15, 0.2) is 5.82 Å². The summed E-state index contributed by atoms with van der Waals surface area (Å²) in [6.07, 6.45) is -3.15. The first-order chi connectivity index (χ1) is 15.3. The number of halogens is 4. The lowest BCUT2D eigenvalue weighted by Crippen LogP contribution is -2.41. The van der Waals surface area contributed by atoms with Crippen molar-refractivity contribution in [1.82, 2.24) is 14.9 Å². The molecule has 1 aromatic heterocycles. The normalized spacial score (nSPS) is 18.0. The zero-order valence-corrected chi connectivity index (χ0v) is 17.7. The number of para-hydroxylation sites is 1. The smallest absolute Gasteiger partial charge is 0.324 e. The number of carbonyl (C=O) groups is 1. The van der Waals surface area contributed by atoms with Crippen LogP contribution in [-0.2, 0) is 17.4 Å². The van der Waals surface area contributed by atoms with E-state index >= 15 is 0 Å². The molecule has 0 spiro atoms. The summed E-state index contributed by atoms with van der Waals surface area (Å²) in [5, 5.41) is 10.2. The Labute approximate surface area is 185 Å². The zero-order valence-electron chi connectivity index (χ0n) is 16.9. The van der Waals surface area contributed by atoms with Crippen molar-refractivity contribution in [3.8, 4) is 0 Å². The van der Waals surface area contributed by atoms with Gasteiger partial charge in [-0.05, 0) is 36.2 Å². The van der Waals surface area contributed by atoms with Gasteiger partial charge in [0.25, 0.3) is 0 Å². The summed E-state index contributed by atoms with van der Waals surface area (Å²) in [5.41, 5.74) is 2.53. The number of alkyl halides is 3. The van der Waals surface area contributed by atoms with Crippen molar-refractivity contribution in [3.05, 3.63) is 71.3 Å². The number of hydrogen-bond donors (Lipinski definition) is 2. The number of rotatable bonds is 5. The van der Waals surface area contributed by atoms with Gasteiger partial charge in [-0.3, -0.25) is 4.79 Å². The van der Waals surface area contributed by atoms with E-state index in [0.717, 1.165) is 24.2 Å². The number of amides is 1. The molecule has 0 fully saturated rings. The van der Waals surface area contributed by atoms with E-state index in [-0.39, 0.29) is 5.69 Å². The fourth-order valence-electron chi connectivity index (χ4n) is 3.45. The predicted octanol–water partition coefficient (Wildman–Crippen LogP) is 4.79. The first-order valence-electron chi connectivity index (χ1n) is 9.88. The zero-order chi connectivity index (χ0) is 22.9. The average Bonchev–Trinajstić information content (AvgIpc) is 3.15. The van der Waals surface area contributed by atoms with Crippen LogP contribution in [0.15, 0.2) is 53.7 Å². The van der Waals surface area contributed by atoms with E-state index in [1.807, 2.05) is 6.92 Å². The Kier molecular flexibility index (Phi) is 6.09. The molecule has 1 aliphatic rings. The number of aromatic nitrogens is 3. The Hall–Kier alpha value is -3.08. The minimum atomic E-state index is -4.62. The number of anilines is 1. The highest BCUT2D eigenvalue weighted by Gasteiger charge is 2.39. The van der Waals surface area contributed by atoms with E-state index in [1.165, 1.54) is 42.5 Å². The lowest BCUT2D eigenvalue weighted by Gasteiger charge is -2.33. The Balaban J connectivity index is 1.68. The molecule has 0 bridgehead atoms. The largest absolute Gasteiger partial charge is 0.418 e. The van der Waals surface area contributed by atoms with Crippen LogP contribution in [0, 0.1) is 5.82 Å². The van der Waals surface area contributed by atoms with Gasteiger partial charge in [0.2, 0.25) is 11.1 Å². The van der Waals surface area contributed by atoms with E-state index in [4.69, 9.17) is 0 Å². The van der Waals surface area contributed by atoms with Gasteiger partial charge in [0.05, 0.1) is 17.3 Å². The summed E-state index contributed by atoms with van der Waals surface area (Å²) in [6.45, 7) is 1.99. The van der Waals surface area contributed by atoms with Gasteiger partial charge in [-0.2, -0.15) is 13.2 Å². The second kappa shape index (κ2) is 8.81. The lowest BCUT2D eigenvalue weighted by molar-refractivity contribution is -0.137. The van der Waals surface area contributed by atoms with Crippen LogP contribution >= 0.6 is 11.8 Å². The van der Waals surface area contributed by atoms with Crippen LogP contribution in [0.4, 0.5) is 23.2 Å². The van der Waals surface area contributed by atoms with Gasteiger partial charge in [-0.15, -0.1) is 10.2 Å². The highest BCUT2D eigenvalue weighted by Crippen LogP contribution is 2.39. The highest BCUT2D eigenvalue weighted by molar-refractivity contribution is 8.00. The molecule has 11 heteroatoms. The Morgan fingerprint density at radius 3 is 2.56 bits per heavy atom. The minimum absolute atomic E-state index is 0.331. The average molecular weight is 465 g/mol. The van der Waals surface area contributed by atoms with Crippen LogP contribution in [0.25, 0.3) is 0 Å². The summed E-state index contributed by atoms with van der Waals surface area (Å²) >= 11 is 1.09. The fraction of sp³-hybridized carbons (Fsp3) is 0.286. The molecule has 2 aromatic carbocycles. The molecule has 0 saturated carbocycles. The molecule has 3 aromatic rings. The van der Waals surface area contributed by atoms with Gasteiger partial charge in [0.1, 0.15) is 11.1 Å². The molecule has 0 unspecified atom stereocenters. The van der Waals surface area contributed by atoms with Crippen molar-refractivity contribution < 1.29 is 22.4 Å². The van der Waals surface area contributed by atoms with Crippen molar-refractivity contribution in [1.29, 1.82) is 0 Å². The van der Waals surface area contributed by atoms with Gasteiger partial charge in [-0.25, -0.2) is 9.07 Å². The topological polar surface area (TPSA) is 71.8 Å². The summed E-state index contributed by atoms with van der Waals surface area (Å²) in [5.74, 6) is -0.405. The second-order valence-electron chi connectivity index (χ2n) is 7.21. The van der Waals surface area contributed by atoms with Crippen molar-refractivity contribution in [3.63, 3.8) is 0 Å². The molecule has 0 saturated heterocycles. The van der Waals surface area contributed by atoms with E-state index in [2.05, 4.69) is 20.9 Å². The predicted molar refractivity (Wildman–Crippen MR) is 112 cm³/mol. The summed E-state index contributed by atoms with van der Waals surface area (Å²) in [7, 11) is 0. The number of hydrogen-bond acceptors (Lipinski definition) is 5. The van der Waals surface area contributed by atoms with E-state index < -0.39 is 34.8 Å². The van der Waals surface area contributed by atoms with Crippen LogP contribution in [0.5, 0.6) is 0 Å². The Morgan fingerprint density at radius 2 is 1.88 bits per heavy atom. The van der Waals surface area contributed by atoms with Crippen LogP contribution in [0.1, 0.15) is 36.3 Å². The van der Waals surface area contributed by atoms with Crippen LogP contribution in [-0.4, -0.2) is 26.0 Å². The van der Waals surface area contributed by atoms with Crippen molar-refractivity contribution >= 4 is 23.4 Å². The SMILES string of the molecule is CCCc1nnc2n1N[C@H](c1ccc(F)cc1)[C@@H](C(=O)Nc1ccccc1C(F)(F)F)S2. The Bertz CT molecular complexity index is 1120. The monoisotopic (exact) mass is 465 g/mol. The molecule has 0 aliphatic carbocycles. The van der Waals surface area contributed by atoms with Crippen molar-refractivity contribution in [2.24, 2.45) is 0 Å². The molecule has 6 nitrogen and oxygen atoms in total. The molecular formula is C21H19F4N5OS. The number of nitrogens with one attached hydrogen (secondary N) is 2. The number of carbonyl (C=O) groups excluding carboxylic acids is 1. The van der Waals surface area contributed by atoms with Crippen LogP contribution in [0.2, 0.25) is 0 Å². The quantitative estimate of drug-likeness (QED) is 0.531. The number of aryl methyl sites for hydroxylation is 1. The van der Waals surface area contributed by atoms with E-state index in [1.54, 1.807) is 4.68 Å². The van der Waals surface area contributed by atoms with Crippen LogP contribution < -0.4 is 10.7 Å². The molecule has 168 valence electrons. The second-order valence-corrected chi connectivity index (χ2v) is 8.32. The first-order valence-corrected chi connectivity index (χ1v) is 10.8. The van der Waals surface area contributed by atoms with E-state index in [0.29, 0.717) is 23.0 Å². The highest BCUT2D eigenvalue weighted by atomic mass is 32.2. The number of fused-ring (bicyclic) bond motifs is 1. The summed E-state index contributed by atoms with van der Waals surface area (Å²) < 4.78 is 55.2. The maximum absolute atomic E-state index is 13.5. The third kappa shape index (κ3) is 4.43. The van der Waals surface area contributed by atoms with Crippen molar-refractivity contribution in [2.75, 3.05) is 10.7 Å². The molecule has 1 amide bonds. The van der Waals surface area contributed by atoms with Gasteiger partial charge in [-0.1, -0.05) is 43.0 Å². The standard InChI is InChI=1S/C21H19F4N5OS/c1-2-5-16-27-28-20-30(16)29-17(12-8-10-13(22)11-9-12)18(32-20)19(31)26-15-7-4-3-6-14(15)21(23,24)25/h3-4,6-11,17-18,29H,2,5H2,1H3,(H,26,31)/t17-,18+/m1/s1. The molecule has 32 heavy (non-hydrogen) atoms. The fourth-order valence-corrected chi connectivity index (χ4v) is 4.55. The lowest BCUT2D eigenvalue weighted by atomic mass is 10.0. The molecule has 2 N–H and O–H groups in total. The van der Waals surface area contributed by atoms with Gasteiger partial charge < -0.3 is 10.7 Å². The molecule has 2 heterocycles. The summed E-state index contributed by atoms with van der Waals surface area (Å²) in [6, 6.07) is 9.74. The number of nitrogens with zero attached hydrogens (tertiary/aromatic N) is 3. The van der Waals surface area contributed by atoms with Crippen molar-refractivity contribution in [2.45, 2.75) is 42.4 Å². The minimum Gasteiger partial charge on any atom is -0.324 e. The van der Waals surface area contributed by atoms with Gasteiger partial charge in [0, 0.05) is 6.42 Å². The molecule has 2 atom stereocenters. The van der Waals surface area contributed by atoms with Crippen LogP contribution in [0.3, 0.4) is 0 Å². The third-order valence-corrected chi connectivity index (χ3v) is 6.17. The molecule has 4 rings (SSSR count). The number of benzene rings is 2. The maximum atomic E-state index is 13.5. The molecule has 1 aliphatic heterocycles. The Morgan fingerprint density at radius 1 is 1.16 bits per heavy atom. The van der Waals surface area contributed by atoms with Gasteiger partial charge >= 0.3 is 6.18 Å². The van der Waals surface area contributed by atoms with E-state index in [9.17, 15) is 22.4 Å². The first kappa shape index (κ1) is 22.1. The molecular weight excluding hydrogens is 446 g/mol. The molecule has 0 radical (unpaired) electrons.